The Hall–Kier alpha value is -2.53. The second kappa shape index (κ2) is 6.76. The molecule has 0 aliphatic heterocycles. The highest BCUT2D eigenvalue weighted by molar-refractivity contribution is 5.36. The van der Waals surface area contributed by atoms with Crippen LogP contribution < -0.4 is 4.74 Å². The standard InChI is InChI=1S/C19H19NO/c1-19(2,12-7-13-20)17-10-6-11-18(14-17)21-15-16-8-4-3-5-9-16/h3-12,14H,15H2,1-2H3/b12-7+. The Bertz CT molecular complexity index is 651. The third-order valence-corrected chi connectivity index (χ3v) is 3.40. The van der Waals surface area contributed by atoms with Gasteiger partial charge in [0.25, 0.3) is 0 Å². The zero-order chi connectivity index (χ0) is 15.1. The summed E-state index contributed by atoms with van der Waals surface area (Å²) >= 11 is 0. The lowest BCUT2D eigenvalue weighted by Gasteiger charge is -2.21. The highest BCUT2D eigenvalue weighted by Crippen LogP contribution is 2.28. The molecule has 2 heteroatoms. The zero-order valence-corrected chi connectivity index (χ0v) is 12.4. The van der Waals surface area contributed by atoms with E-state index in [0.29, 0.717) is 6.61 Å². The van der Waals surface area contributed by atoms with Crippen LogP contribution in [0.2, 0.25) is 0 Å². The van der Waals surface area contributed by atoms with Crippen LogP contribution >= 0.6 is 0 Å². The molecule has 0 radical (unpaired) electrons. The fourth-order valence-electron chi connectivity index (χ4n) is 2.07. The molecule has 0 unspecified atom stereocenters. The van der Waals surface area contributed by atoms with E-state index in [-0.39, 0.29) is 5.41 Å². The summed E-state index contributed by atoms with van der Waals surface area (Å²) in [5.41, 5.74) is 2.08. The molecule has 0 atom stereocenters. The number of hydrogen-bond donors (Lipinski definition) is 0. The van der Waals surface area contributed by atoms with Gasteiger partial charge in [-0.05, 0) is 23.3 Å². The van der Waals surface area contributed by atoms with E-state index in [9.17, 15) is 0 Å². The van der Waals surface area contributed by atoms with Crippen molar-refractivity contribution in [1.82, 2.24) is 0 Å². The number of benzene rings is 2. The maximum absolute atomic E-state index is 8.68. The Balaban J connectivity index is 2.11. The van der Waals surface area contributed by atoms with E-state index in [1.807, 2.05) is 60.7 Å². The van der Waals surface area contributed by atoms with Crippen molar-refractivity contribution < 1.29 is 4.74 Å². The highest BCUT2D eigenvalue weighted by Gasteiger charge is 2.17. The van der Waals surface area contributed by atoms with Crippen molar-refractivity contribution in [2.75, 3.05) is 0 Å². The van der Waals surface area contributed by atoms with Crippen LogP contribution in [0.15, 0.2) is 66.7 Å². The van der Waals surface area contributed by atoms with E-state index in [0.717, 1.165) is 16.9 Å². The van der Waals surface area contributed by atoms with Gasteiger partial charge in [0, 0.05) is 11.5 Å². The molecule has 0 spiro atoms. The summed E-state index contributed by atoms with van der Waals surface area (Å²) in [6.45, 7) is 4.72. The molecule has 0 bridgehead atoms. The predicted molar refractivity (Wildman–Crippen MR) is 85.0 cm³/mol. The highest BCUT2D eigenvalue weighted by atomic mass is 16.5. The van der Waals surface area contributed by atoms with Crippen LogP contribution in [-0.2, 0) is 12.0 Å². The van der Waals surface area contributed by atoms with Gasteiger partial charge < -0.3 is 4.74 Å². The molecule has 0 saturated heterocycles. The lowest BCUT2D eigenvalue weighted by Crippen LogP contribution is -2.13. The minimum atomic E-state index is -0.193. The topological polar surface area (TPSA) is 33.0 Å². The summed E-state index contributed by atoms with van der Waals surface area (Å²) in [4.78, 5) is 0. The molecule has 0 heterocycles. The zero-order valence-electron chi connectivity index (χ0n) is 12.4. The van der Waals surface area contributed by atoms with Gasteiger partial charge in [-0.2, -0.15) is 5.26 Å². The molecular formula is C19H19NO. The first kappa shape index (κ1) is 14.9. The maximum atomic E-state index is 8.68. The van der Waals surface area contributed by atoms with Gasteiger partial charge in [-0.25, -0.2) is 0 Å². The van der Waals surface area contributed by atoms with Crippen LogP contribution in [0.5, 0.6) is 5.75 Å². The van der Waals surface area contributed by atoms with Gasteiger partial charge in [0.15, 0.2) is 0 Å². The van der Waals surface area contributed by atoms with Gasteiger partial charge in [0.1, 0.15) is 12.4 Å². The number of rotatable bonds is 5. The van der Waals surface area contributed by atoms with Crippen molar-refractivity contribution in [2.24, 2.45) is 0 Å². The first-order chi connectivity index (χ1) is 10.1. The summed E-state index contributed by atoms with van der Waals surface area (Å²) in [5, 5.41) is 8.68. The molecule has 2 rings (SSSR count). The molecule has 0 amide bonds. The lowest BCUT2D eigenvalue weighted by atomic mass is 9.84. The molecule has 2 aromatic rings. The Kier molecular flexibility index (Phi) is 4.79. The first-order valence-corrected chi connectivity index (χ1v) is 6.96. The maximum Gasteiger partial charge on any atom is 0.120 e. The average Bonchev–Trinajstić information content (AvgIpc) is 2.52. The number of nitriles is 1. The second-order valence-corrected chi connectivity index (χ2v) is 5.49. The fourth-order valence-corrected chi connectivity index (χ4v) is 2.07. The molecule has 2 nitrogen and oxygen atoms in total. The molecule has 2 aromatic carbocycles. The minimum Gasteiger partial charge on any atom is -0.489 e. The molecule has 106 valence electrons. The van der Waals surface area contributed by atoms with Gasteiger partial charge >= 0.3 is 0 Å². The van der Waals surface area contributed by atoms with Crippen LogP contribution in [0, 0.1) is 11.3 Å². The molecule has 0 aliphatic rings. The molecule has 0 saturated carbocycles. The normalized spacial score (nSPS) is 11.3. The predicted octanol–water partition coefficient (Wildman–Crippen LogP) is 4.62. The average molecular weight is 277 g/mol. The van der Waals surface area contributed by atoms with Crippen molar-refractivity contribution in [2.45, 2.75) is 25.9 Å². The van der Waals surface area contributed by atoms with E-state index >= 15 is 0 Å². The summed E-state index contributed by atoms with van der Waals surface area (Å²) in [5.74, 6) is 0.842. The minimum absolute atomic E-state index is 0.193. The molecule has 0 fully saturated rings. The quantitative estimate of drug-likeness (QED) is 0.747. The van der Waals surface area contributed by atoms with Crippen molar-refractivity contribution in [1.29, 1.82) is 5.26 Å². The monoisotopic (exact) mass is 277 g/mol. The van der Waals surface area contributed by atoms with Gasteiger partial charge in [-0.1, -0.05) is 62.4 Å². The van der Waals surface area contributed by atoms with E-state index in [4.69, 9.17) is 10.00 Å². The summed E-state index contributed by atoms with van der Waals surface area (Å²) < 4.78 is 5.84. The first-order valence-electron chi connectivity index (χ1n) is 6.96. The van der Waals surface area contributed by atoms with Gasteiger partial charge in [-0.3, -0.25) is 0 Å². The summed E-state index contributed by atoms with van der Waals surface area (Å²) in [6, 6.07) is 20.2. The number of hydrogen-bond acceptors (Lipinski definition) is 2. The largest absolute Gasteiger partial charge is 0.489 e. The van der Waals surface area contributed by atoms with E-state index < -0.39 is 0 Å². The third kappa shape index (κ3) is 4.22. The molecule has 0 aromatic heterocycles. The van der Waals surface area contributed by atoms with Crippen LogP contribution in [-0.4, -0.2) is 0 Å². The van der Waals surface area contributed by atoms with E-state index in [1.165, 1.54) is 6.08 Å². The Morgan fingerprint density at radius 3 is 2.57 bits per heavy atom. The number of allylic oxidation sites excluding steroid dienone is 2. The van der Waals surface area contributed by atoms with E-state index in [1.54, 1.807) is 0 Å². The van der Waals surface area contributed by atoms with Gasteiger partial charge in [0.05, 0.1) is 6.07 Å². The second-order valence-electron chi connectivity index (χ2n) is 5.49. The van der Waals surface area contributed by atoms with Gasteiger partial charge in [0.2, 0.25) is 0 Å². The van der Waals surface area contributed by atoms with Crippen LogP contribution in [0.25, 0.3) is 0 Å². The summed E-state index contributed by atoms with van der Waals surface area (Å²) in [6.07, 6.45) is 3.43. The Morgan fingerprint density at radius 1 is 1.10 bits per heavy atom. The third-order valence-electron chi connectivity index (χ3n) is 3.40. The Labute approximate surface area is 126 Å². The summed E-state index contributed by atoms with van der Waals surface area (Å²) in [7, 11) is 0. The van der Waals surface area contributed by atoms with E-state index in [2.05, 4.69) is 19.9 Å². The van der Waals surface area contributed by atoms with Crippen LogP contribution in [0.4, 0.5) is 0 Å². The molecule has 0 N–H and O–H groups in total. The van der Waals surface area contributed by atoms with Crippen LogP contribution in [0.3, 0.4) is 0 Å². The van der Waals surface area contributed by atoms with Gasteiger partial charge in [-0.15, -0.1) is 0 Å². The molecule has 21 heavy (non-hydrogen) atoms. The lowest BCUT2D eigenvalue weighted by molar-refractivity contribution is 0.305. The number of nitrogens with zero attached hydrogens (tertiary/aromatic N) is 1. The molecular weight excluding hydrogens is 258 g/mol. The van der Waals surface area contributed by atoms with Crippen molar-refractivity contribution >= 4 is 0 Å². The molecule has 0 aliphatic carbocycles. The van der Waals surface area contributed by atoms with Crippen molar-refractivity contribution in [3.8, 4) is 11.8 Å². The smallest absolute Gasteiger partial charge is 0.120 e. The van der Waals surface area contributed by atoms with Crippen LogP contribution in [0.1, 0.15) is 25.0 Å². The fraction of sp³-hybridized carbons (Fsp3) is 0.211. The van der Waals surface area contributed by atoms with Crippen molar-refractivity contribution in [3.63, 3.8) is 0 Å². The van der Waals surface area contributed by atoms with Crippen molar-refractivity contribution in [3.05, 3.63) is 77.9 Å². The number of ether oxygens (including phenoxy) is 1. The SMILES string of the molecule is CC(C)(/C=C/C#N)c1cccc(OCc2ccccc2)c1. The Morgan fingerprint density at radius 2 is 1.86 bits per heavy atom.